The topological polar surface area (TPSA) is 0 Å². The zero-order valence-electron chi connectivity index (χ0n) is 16.6. The third-order valence-corrected chi connectivity index (χ3v) is 17.7. The molecule has 0 aromatic heterocycles. The van der Waals surface area contributed by atoms with Crippen LogP contribution in [0.25, 0.3) is 0 Å². The second-order valence-corrected chi connectivity index (χ2v) is 17.2. The summed E-state index contributed by atoms with van der Waals surface area (Å²) in [6.45, 7) is 2.25. The third kappa shape index (κ3) is 3.28. The van der Waals surface area contributed by atoms with E-state index in [4.69, 9.17) is 0 Å². The van der Waals surface area contributed by atoms with Crippen molar-refractivity contribution in [3.8, 4) is 0 Å². The van der Waals surface area contributed by atoms with E-state index in [2.05, 4.69) is 111 Å². The Bertz CT molecular complexity index is 1050. The van der Waals surface area contributed by atoms with Gasteiger partial charge < -0.3 is 0 Å². The zero-order valence-corrected chi connectivity index (χ0v) is 20.6. The first-order valence-corrected chi connectivity index (χ1v) is 14.9. The quantitative estimate of drug-likeness (QED) is 0.229. The summed E-state index contributed by atoms with van der Waals surface area (Å²) in [7, 11) is 0. The molecule has 4 rings (SSSR count). The van der Waals surface area contributed by atoms with E-state index in [1.807, 2.05) is 30.3 Å². The van der Waals surface area contributed by atoms with Crippen LogP contribution in [-0.2, 0) is 0 Å². The third-order valence-electron chi connectivity index (χ3n) is 5.94. The molecule has 0 N–H and O–H groups in total. The van der Waals surface area contributed by atoms with Crippen molar-refractivity contribution in [1.82, 2.24) is 0 Å². The van der Waals surface area contributed by atoms with Crippen LogP contribution in [0, 0.1) is 5.82 Å². The van der Waals surface area contributed by atoms with Crippen molar-refractivity contribution >= 4 is 52.6 Å². The SMILES string of the molecule is CC(c1ccc(F)c(Br)c1)P(Br)(c1ccccc1)(c1ccccc1)c1ccccc1. The van der Waals surface area contributed by atoms with Gasteiger partial charge in [-0.05, 0) is 0 Å². The molecule has 0 radical (unpaired) electrons. The number of benzene rings is 4. The minimum absolute atomic E-state index is 0.0556. The molecule has 4 aromatic rings. The Kier molecular flexibility index (Phi) is 5.99. The molecule has 152 valence electrons. The molecule has 0 aliphatic carbocycles. The van der Waals surface area contributed by atoms with E-state index in [1.165, 1.54) is 15.9 Å². The number of hydrogen-bond donors (Lipinski definition) is 0. The molecule has 4 aromatic carbocycles. The first-order valence-electron chi connectivity index (χ1n) is 9.81. The van der Waals surface area contributed by atoms with Gasteiger partial charge >= 0.3 is 195 Å². The van der Waals surface area contributed by atoms with E-state index in [0.29, 0.717) is 4.47 Å². The molecule has 30 heavy (non-hydrogen) atoms. The summed E-state index contributed by atoms with van der Waals surface area (Å²) < 4.78 is 14.6. The van der Waals surface area contributed by atoms with Crippen molar-refractivity contribution < 1.29 is 4.39 Å². The Balaban J connectivity index is 2.15. The van der Waals surface area contributed by atoms with Gasteiger partial charge in [0.25, 0.3) is 0 Å². The first-order chi connectivity index (χ1) is 14.5. The Morgan fingerprint density at radius 1 is 0.667 bits per heavy atom. The molecule has 1 unspecified atom stereocenters. The fourth-order valence-electron chi connectivity index (χ4n) is 4.33. The Morgan fingerprint density at radius 3 is 1.43 bits per heavy atom. The van der Waals surface area contributed by atoms with Gasteiger partial charge in [-0.2, -0.15) is 0 Å². The summed E-state index contributed by atoms with van der Waals surface area (Å²) in [5.41, 5.74) is 1.13. The van der Waals surface area contributed by atoms with Gasteiger partial charge in [0.2, 0.25) is 0 Å². The molecule has 0 spiro atoms. The zero-order chi connectivity index (χ0) is 21.2. The average Bonchev–Trinajstić information content (AvgIpc) is 2.81. The first kappa shape index (κ1) is 21.4. The summed E-state index contributed by atoms with van der Waals surface area (Å²) in [4.78, 5) is 0. The van der Waals surface area contributed by atoms with E-state index in [9.17, 15) is 4.39 Å². The van der Waals surface area contributed by atoms with E-state index >= 15 is 0 Å². The van der Waals surface area contributed by atoms with Crippen molar-refractivity contribution in [2.45, 2.75) is 12.6 Å². The number of hydrogen-bond acceptors (Lipinski definition) is 0. The van der Waals surface area contributed by atoms with Crippen LogP contribution in [-0.4, -0.2) is 0 Å². The molecule has 4 heteroatoms. The van der Waals surface area contributed by atoms with Gasteiger partial charge in [-0.1, -0.05) is 0 Å². The Labute approximate surface area is 194 Å². The average molecular weight is 544 g/mol. The summed E-state index contributed by atoms with van der Waals surface area (Å²) in [5, 5.41) is 0.572. The fourth-order valence-corrected chi connectivity index (χ4v) is 12.8. The van der Waals surface area contributed by atoms with E-state index in [-0.39, 0.29) is 11.5 Å². The molecule has 0 saturated heterocycles. The van der Waals surface area contributed by atoms with Gasteiger partial charge in [-0.25, -0.2) is 0 Å². The van der Waals surface area contributed by atoms with Crippen molar-refractivity contribution in [3.05, 3.63) is 125 Å². The molecule has 0 fully saturated rings. The molecule has 0 aliphatic heterocycles. The van der Waals surface area contributed by atoms with Gasteiger partial charge in [0.05, 0.1) is 0 Å². The van der Waals surface area contributed by atoms with E-state index < -0.39 is 5.31 Å². The maximum atomic E-state index is 14.1. The predicted octanol–water partition coefficient (Wildman–Crippen LogP) is 7.49. The standard InChI is InChI=1S/C26H22Br2FP/c1-20(21-17-18-26(29)25(27)19-21)30(28,22-11-5-2-6-12-22,23-13-7-3-8-14-23)24-15-9-4-10-16-24/h2-20H,1H3. The van der Waals surface area contributed by atoms with Crippen molar-refractivity contribution in [3.63, 3.8) is 0 Å². The molecule has 0 amide bonds. The van der Waals surface area contributed by atoms with Crippen molar-refractivity contribution in [1.29, 1.82) is 0 Å². The van der Waals surface area contributed by atoms with Crippen LogP contribution >= 0.6 is 36.7 Å². The molecular weight excluding hydrogens is 522 g/mol. The minimum atomic E-state index is -3.16. The molecular formula is C26H22Br2FP. The summed E-state index contributed by atoms with van der Waals surface area (Å²) in [6.07, 6.45) is 0. The second kappa shape index (κ2) is 8.38. The number of halogens is 3. The van der Waals surface area contributed by atoms with Crippen LogP contribution in [0.4, 0.5) is 4.39 Å². The molecule has 0 heterocycles. The Morgan fingerprint density at radius 2 is 1.07 bits per heavy atom. The summed E-state index contributed by atoms with van der Waals surface area (Å²) in [6, 6.07) is 37.3. The van der Waals surface area contributed by atoms with Crippen LogP contribution < -0.4 is 15.9 Å². The van der Waals surface area contributed by atoms with Gasteiger partial charge in [0.15, 0.2) is 0 Å². The molecule has 1 atom stereocenters. The predicted molar refractivity (Wildman–Crippen MR) is 137 cm³/mol. The maximum absolute atomic E-state index is 14.1. The van der Waals surface area contributed by atoms with Gasteiger partial charge in [-0.15, -0.1) is 0 Å². The van der Waals surface area contributed by atoms with Crippen LogP contribution in [0.5, 0.6) is 0 Å². The molecule has 0 nitrogen and oxygen atoms in total. The second-order valence-electron chi connectivity index (χ2n) is 7.43. The van der Waals surface area contributed by atoms with Crippen molar-refractivity contribution in [2.75, 3.05) is 0 Å². The molecule has 0 aliphatic rings. The van der Waals surface area contributed by atoms with Crippen LogP contribution in [0.1, 0.15) is 18.1 Å². The molecule has 0 bridgehead atoms. The summed E-state index contributed by atoms with van der Waals surface area (Å²) in [5.74, 6) is -0.250. The normalized spacial score (nSPS) is 13.9. The van der Waals surface area contributed by atoms with E-state index in [0.717, 1.165) is 5.56 Å². The Hall–Kier alpha value is -1.80. The van der Waals surface area contributed by atoms with Gasteiger partial charge in [-0.3, -0.25) is 0 Å². The van der Waals surface area contributed by atoms with Crippen LogP contribution in [0.2, 0.25) is 0 Å². The van der Waals surface area contributed by atoms with Crippen LogP contribution in [0.15, 0.2) is 114 Å². The fraction of sp³-hybridized carbons (Fsp3) is 0.0769. The number of rotatable bonds is 5. The summed E-state index contributed by atoms with van der Waals surface area (Å²) >= 11 is 7.88. The van der Waals surface area contributed by atoms with Gasteiger partial charge in [0.1, 0.15) is 0 Å². The van der Waals surface area contributed by atoms with Crippen molar-refractivity contribution in [2.24, 2.45) is 0 Å². The molecule has 0 saturated carbocycles. The monoisotopic (exact) mass is 542 g/mol. The van der Waals surface area contributed by atoms with Gasteiger partial charge in [0, 0.05) is 0 Å². The van der Waals surface area contributed by atoms with E-state index in [1.54, 1.807) is 6.07 Å². The van der Waals surface area contributed by atoms with Crippen LogP contribution in [0.3, 0.4) is 0 Å².